The zero-order valence-corrected chi connectivity index (χ0v) is 16.6. The molecule has 0 amide bonds. The van der Waals surface area contributed by atoms with Crippen molar-refractivity contribution in [3.8, 4) is 0 Å². The largest absolute Gasteiger partial charge is 0.282 e. The molecule has 1 unspecified atom stereocenters. The number of hydrogen-bond acceptors (Lipinski definition) is 3. The molecule has 0 fully saturated rings. The average Bonchev–Trinajstić information content (AvgIpc) is 3.04. The highest BCUT2D eigenvalue weighted by Gasteiger charge is 2.16. The maximum Gasteiger partial charge on any atom is 0.282 e. The van der Waals surface area contributed by atoms with Gasteiger partial charge in [0.25, 0.3) is 6.43 Å². The van der Waals surface area contributed by atoms with Gasteiger partial charge in [0.05, 0.1) is 6.04 Å². The van der Waals surface area contributed by atoms with Crippen molar-refractivity contribution >= 4 is 10.0 Å². The number of aryl methyl sites for hydroxylation is 1. The molecule has 1 aromatic heterocycles. The number of aromatic nitrogens is 2. The van der Waals surface area contributed by atoms with E-state index < -0.39 is 22.5 Å². The lowest BCUT2D eigenvalue weighted by atomic mass is 10.2. The van der Waals surface area contributed by atoms with Crippen molar-refractivity contribution < 1.29 is 17.2 Å². The zero-order valence-electron chi connectivity index (χ0n) is 15.8. The molecule has 1 atom stereocenters. The number of benzene rings is 1. The normalized spacial score (nSPS) is 12.0. The van der Waals surface area contributed by atoms with E-state index in [4.69, 9.17) is 5.14 Å². The summed E-state index contributed by atoms with van der Waals surface area (Å²) < 4.78 is 47.9. The molecule has 0 aliphatic carbocycles. The van der Waals surface area contributed by atoms with Crippen molar-refractivity contribution in [3.05, 3.63) is 78.0 Å². The summed E-state index contributed by atoms with van der Waals surface area (Å²) in [5.74, 6) is 0. The summed E-state index contributed by atoms with van der Waals surface area (Å²) in [6, 6.07) is 12.9. The highest BCUT2D eigenvalue weighted by atomic mass is 32.2. The molecule has 0 aliphatic heterocycles. The van der Waals surface area contributed by atoms with Crippen LogP contribution in [0.2, 0.25) is 0 Å². The molecular formula is C19H27F2N3O2S. The molecule has 0 aliphatic rings. The van der Waals surface area contributed by atoms with Gasteiger partial charge in [0.1, 0.15) is 5.69 Å². The van der Waals surface area contributed by atoms with E-state index in [-0.39, 0.29) is 12.1 Å². The number of rotatable bonds is 6. The minimum absolute atomic E-state index is 0.241. The van der Waals surface area contributed by atoms with Crippen molar-refractivity contribution in [1.29, 1.82) is 0 Å². The molecule has 0 saturated heterocycles. The molecule has 2 N–H and O–H groups in total. The van der Waals surface area contributed by atoms with Gasteiger partial charge in [-0.25, -0.2) is 22.3 Å². The van der Waals surface area contributed by atoms with Crippen molar-refractivity contribution in [3.63, 3.8) is 0 Å². The molecule has 1 aromatic carbocycles. The van der Waals surface area contributed by atoms with Crippen LogP contribution in [0.1, 0.15) is 44.1 Å². The van der Waals surface area contributed by atoms with E-state index in [0.717, 1.165) is 5.41 Å². The van der Waals surface area contributed by atoms with Crippen LogP contribution in [0, 0.1) is 6.92 Å². The number of alkyl halides is 2. The number of sulfonamides is 1. The van der Waals surface area contributed by atoms with Gasteiger partial charge in [0.2, 0.25) is 10.0 Å². The molecule has 1 heterocycles. The first kappa shape index (κ1) is 24.7. The van der Waals surface area contributed by atoms with Crippen LogP contribution < -0.4 is 5.14 Å². The third-order valence-electron chi connectivity index (χ3n) is 3.08. The Morgan fingerprint density at radius 2 is 1.67 bits per heavy atom. The number of primary sulfonamides is 1. The summed E-state index contributed by atoms with van der Waals surface area (Å²) in [5.41, 5.74) is 0.226. The van der Waals surface area contributed by atoms with E-state index in [0.29, 0.717) is 5.69 Å². The van der Waals surface area contributed by atoms with Crippen molar-refractivity contribution in [1.82, 2.24) is 9.78 Å². The van der Waals surface area contributed by atoms with Gasteiger partial charge in [0, 0.05) is 11.1 Å². The Morgan fingerprint density at radius 3 is 2.00 bits per heavy atom. The maximum absolute atomic E-state index is 12.5. The van der Waals surface area contributed by atoms with E-state index in [1.54, 1.807) is 6.92 Å². The van der Waals surface area contributed by atoms with Gasteiger partial charge in [-0.15, -0.1) is 6.58 Å². The maximum atomic E-state index is 12.5. The lowest BCUT2D eigenvalue weighted by Gasteiger charge is -2.12. The van der Waals surface area contributed by atoms with Gasteiger partial charge in [-0.2, -0.15) is 5.10 Å². The van der Waals surface area contributed by atoms with Crippen LogP contribution in [0.25, 0.3) is 0 Å². The topological polar surface area (TPSA) is 78.0 Å². The standard InChI is InChI=1S/C11H15F2N3O2S.C6H6.C2H6/c1-3-9(5-4-6-19(14,17)18)16-8(2)7-10(15-16)11(12)13;1-2-4-6-5-3-1;1-2/h3-4,6-7,9,11H,1,5H2,2H3,(H2,14,17,18);1-6H;1-2H3/b6-4+;;. The SMILES string of the molecule is C=CC(C/C=C/S(N)(=O)=O)n1nc(C(F)F)cc1C.CC.c1ccccc1. The van der Waals surface area contributed by atoms with E-state index in [1.165, 1.54) is 22.9 Å². The quantitative estimate of drug-likeness (QED) is 0.711. The van der Waals surface area contributed by atoms with Gasteiger partial charge in [0.15, 0.2) is 0 Å². The number of nitrogens with zero attached hydrogens (tertiary/aromatic N) is 2. The predicted octanol–water partition coefficient (Wildman–Crippen LogP) is 4.76. The smallest absolute Gasteiger partial charge is 0.262 e. The molecule has 5 nitrogen and oxygen atoms in total. The van der Waals surface area contributed by atoms with E-state index in [1.807, 2.05) is 50.2 Å². The highest BCUT2D eigenvalue weighted by Crippen LogP contribution is 2.22. The minimum Gasteiger partial charge on any atom is -0.262 e. The number of halogens is 2. The Kier molecular flexibility index (Phi) is 11.8. The second kappa shape index (κ2) is 12.9. The first-order valence-corrected chi connectivity index (χ1v) is 10.0. The van der Waals surface area contributed by atoms with E-state index >= 15 is 0 Å². The second-order valence-corrected chi connectivity index (χ2v) is 6.56. The van der Waals surface area contributed by atoms with Crippen LogP contribution in [0.3, 0.4) is 0 Å². The third kappa shape index (κ3) is 10.4. The summed E-state index contributed by atoms with van der Waals surface area (Å²) in [6.45, 7) is 9.22. The van der Waals surface area contributed by atoms with Crippen LogP contribution >= 0.6 is 0 Å². The molecule has 0 saturated carbocycles. The Morgan fingerprint density at radius 1 is 1.19 bits per heavy atom. The zero-order chi connectivity index (χ0) is 20.9. The number of hydrogen-bond donors (Lipinski definition) is 1. The summed E-state index contributed by atoms with van der Waals surface area (Å²) in [5, 5.41) is 9.45. The van der Waals surface area contributed by atoms with Crippen LogP contribution in [-0.2, 0) is 10.0 Å². The van der Waals surface area contributed by atoms with Crippen molar-refractivity contribution in [2.75, 3.05) is 0 Å². The fourth-order valence-corrected chi connectivity index (χ4v) is 2.34. The summed E-state index contributed by atoms with van der Waals surface area (Å²) in [4.78, 5) is 0. The van der Waals surface area contributed by atoms with Crippen LogP contribution in [0.5, 0.6) is 0 Å². The molecule has 0 spiro atoms. The predicted molar refractivity (Wildman–Crippen MR) is 106 cm³/mol. The first-order valence-electron chi connectivity index (χ1n) is 8.40. The van der Waals surface area contributed by atoms with Gasteiger partial charge in [-0.3, -0.25) is 4.68 Å². The fraction of sp³-hybridized carbons (Fsp3) is 0.316. The van der Waals surface area contributed by atoms with Gasteiger partial charge >= 0.3 is 0 Å². The van der Waals surface area contributed by atoms with Gasteiger partial charge in [-0.1, -0.05) is 62.4 Å². The van der Waals surface area contributed by atoms with Crippen LogP contribution in [0.15, 0.2) is 66.6 Å². The Labute approximate surface area is 160 Å². The number of nitrogens with two attached hydrogens (primary N) is 1. The van der Waals surface area contributed by atoms with E-state index in [9.17, 15) is 17.2 Å². The van der Waals surface area contributed by atoms with Crippen LogP contribution in [-0.4, -0.2) is 18.2 Å². The molecular weight excluding hydrogens is 372 g/mol. The lowest BCUT2D eigenvalue weighted by Crippen LogP contribution is -2.11. The summed E-state index contributed by atoms with van der Waals surface area (Å²) >= 11 is 0. The summed E-state index contributed by atoms with van der Waals surface area (Å²) in [7, 11) is -3.69. The molecule has 8 heteroatoms. The lowest BCUT2D eigenvalue weighted by molar-refractivity contribution is 0.144. The van der Waals surface area contributed by atoms with Crippen molar-refractivity contribution in [2.45, 2.75) is 39.7 Å². The highest BCUT2D eigenvalue weighted by molar-refractivity contribution is 7.92. The molecule has 27 heavy (non-hydrogen) atoms. The molecule has 0 bridgehead atoms. The minimum atomic E-state index is -3.69. The first-order chi connectivity index (χ1) is 12.7. The Hall–Kier alpha value is -2.32. The second-order valence-electron chi connectivity index (χ2n) is 5.11. The molecule has 150 valence electrons. The van der Waals surface area contributed by atoms with Gasteiger partial charge < -0.3 is 0 Å². The monoisotopic (exact) mass is 399 g/mol. The Balaban J connectivity index is 0.000000702. The molecule has 0 radical (unpaired) electrons. The molecule has 2 rings (SSSR count). The number of allylic oxidation sites excluding steroid dienone is 2. The summed E-state index contributed by atoms with van der Waals surface area (Å²) in [6.07, 6.45) is 0.434. The average molecular weight is 400 g/mol. The molecule has 2 aromatic rings. The van der Waals surface area contributed by atoms with Crippen LogP contribution in [0.4, 0.5) is 8.78 Å². The third-order valence-corrected chi connectivity index (χ3v) is 3.65. The Bertz CT molecular complexity index is 762. The van der Waals surface area contributed by atoms with E-state index in [2.05, 4.69) is 11.7 Å². The fourth-order valence-electron chi connectivity index (χ4n) is 1.96. The van der Waals surface area contributed by atoms with Gasteiger partial charge in [-0.05, 0) is 19.4 Å². The van der Waals surface area contributed by atoms with Crippen molar-refractivity contribution in [2.24, 2.45) is 5.14 Å².